The third-order valence-corrected chi connectivity index (χ3v) is 4.77. The molecule has 0 bridgehead atoms. The molecule has 0 spiro atoms. The first-order chi connectivity index (χ1) is 9.30. The minimum atomic E-state index is -0.146. The molecule has 0 aromatic heterocycles. The van der Waals surface area contributed by atoms with Crippen molar-refractivity contribution >= 4 is 5.91 Å². The van der Waals surface area contributed by atoms with Gasteiger partial charge in [0.15, 0.2) is 0 Å². The van der Waals surface area contributed by atoms with Gasteiger partial charge in [-0.15, -0.1) is 0 Å². The van der Waals surface area contributed by atoms with Crippen LogP contribution in [0.2, 0.25) is 0 Å². The lowest BCUT2D eigenvalue weighted by Gasteiger charge is -2.41. The molecule has 0 aromatic carbocycles. The molecule has 4 nitrogen and oxygen atoms in total. The summed E-state index contributed by atoms with van der Waals surface area (Å²) in [6.07, 6.45) is 4.83. The molecule has 0 radical (unpaired) electrons. The average Bonchev–Trinajstić information content (AvgIpc) is 2.33. The van der Waals surface area contributed by atoms with E-state index in [0.717, 1.165) is 19.5 Å². The van der Waals surface area contributed by atoms with E-state index in [-0.39, 0.29) is 23.5 Å². The summed E-state index contributed by atoms with van der Waals surface area (Å²) < 4.78 is 5.72. The maximum absolute atomic E-state index is 12.1. The summed E-state index contributed by atoms with van der Waals surface area (Å²) in [5.74, 6) is 0.612. The molecule has 2 rings (SSSR count). The third kappa shape index (κ3) is 3.95. The number of hydrogen-bond donors (Lipinski definition) is 2. The lowest BCUT2D eigenvalue weighted by Crippen LogP contribution is -2.60. The third-order valence-electron chi connectivity index (χ3n) is 4.77. The van der Waals surface area contributed by atoms with Gasteiger partial charge in [0.25, 0.3) is 0 Å². The molecule has 0 aromatic rings. The van der Waals surface area contributed by atoms with Crippen molar-refractivity contribution in [2.24, 2.45) is 11.3 Å². The van der Waals surface area contributed by atoms with E-state index < -0.39 is 0 Å². The first-order valence-electron chi connectivity index (χ1n) is 7.94. The molecule has 20 heavy (non-hydrogen) atoms. The lowest BCUT2D eigenvalue weighted by atomic mass is 9.69. The van der Waals surface area contributed by atoms with Gasteiger partial charge in [-0.1, -0.05) is 33.6 Å². The topological polar surface area (TPSA) is 50.4 Å². The first kappa shape index (κ1) is 15.8. The Kier molecular flexibility index (Phi) is 4.75. The lowest BCUT2D eigenvalue weighted by molar-refractivity contribution is -0.137. The molecular formula is C16H30N2O2. The Morgan fingerprint density at radius 2 is 1.95 bits per heavy atom. The standard InChI is InChI=1S/C16H30N2O2/c1-15(2,3)12-7-5-6-8-13(12)18-14(19)9-20-16(4)10-17-11-16/h12-13,17H,5-11H2,1-4H3,(H,18,19). The summed E-state index contributed by atoms with van der Waals surface area (Å²) in [7, 11) is 0. The second-order valence-electron chi connectivity index (χ2n) is 7.77. The Morgan fingerprint density at radius 3 is 2.50 bits per heavy atom. The molecule has 1 amide bonds. The van der Waals surface area contributed by atoms with Crippen molar-refractivity contribution in [1.29, 1.82) is 0 Å². The Hall–Kier alpha value is -0.610. The predicted octanol–water partition coefficient (Wildman–Crippen LogP) is 2.09. The molecule has 1 aliphatic heterocycles. The summed E-state index contributed by atoms with van der Waals surface area (Å²) in [6, 6.07) is 0.312. The molecule has 116 valence electrons. The SMILES string of the molecule is CC1(OCC(=O)NC2CCCCC2C(C)(C)C)CNC1. The van der Waals surface area contributed by atoms with E-state index in [0.29, 0.717) is 12.0 Å². The quantitative estimate of drug-likeness (QED) is 0.830. The molecule has 1 aliphatic carbocycles. The summed E-state index contributed by atoms with van der Waals surface area (Å²) >= 11 is 0. The number of amides is 1. The van der Waals surface area contributed by atoms with E-state index in [1.165, 1.54) is 19.3 Å². The van der Waals surface area contributed by atoms with Crippen molar-refractivity contribution < 1.29 is 9.53 Å². The van der Waals surface area contributed by atoms with Crippen molar-refractivity contribution in [2.75, 3.05) is 19.7 Å². The maximum Gasteiger partial charge on any atom is 0.246 e. The van der Waals surface area contributed by atoms with Crippen LogP contribution in [0.15, 0.2) is 0 Å². The monoisotopic (exact) mass is 282 g/mol. The average molecular weight is 282 g/mol. The van der Waals surface area contributed by atoms with Crippen LogP contribution in [0, 0.1) is 11.3 Å². The van der Waals surface area contributed by atoms with Crippen molar-refractivity contribution in [2.45, 2.75) is 65.0 Å². The highest BCUT2D eigenvalue weighted by molar-refractivity contribution is 5.77. The fraction of sp³-hybridized carbons (Fsp3) is 0.938. The van der Waals surface area contributed by atoms with Gasteiger partial charge in [-0.25, -0.2) is 0 Å². The summed E-state index contributed by atoms with van der Waals surface area (Å²) in [4.78, 5) is 12.1. The Bertz CT molecular complexity index is 345. The van der Waals surface area contributed by atoms with Crippen LogP contribution in [0.1, 0.15) is 53.4 Å². The number of hydrogen-bond acceptors (Lipinski definition) is 3. The second kappa shape index (κ2) is 6.02. The largest absolute Gasteiger partial charge is 0.363 e. The zero-order valence-corrected chi connectivity index (χ0v) is 13.4. The van der Waals surface area contributed by atoms with Gasteiger partial charge in [0.2, 0.25) is 5.91 Å². The number of rotatable bonds is 4. The van der Waals surface area contributed by atoms with E-state index in [2.05, 4.69) is 38.3 Å². The molecule has 1 saturated heterocycles. The Labute approximate surface area is 123 Å². The fourth-order valence-corrected chi connectivity index (χ4v) is 3.41. The van der Waals surface area contributed by atoms with E-state index in [9.17, 15) is 4.79 Å². The minimum absolute atomic E-state index is 0.0410. The highest BCUT2D eigenvalue weighted by Crippen LogP contribution is 2.37. The highest BCUT2D eigenvalue weighted by Gasteiger charge is 2.36. The van der Waals surface area contributed by atoms with Crippen LogP contribution in [-0.2, 0) is 9.53 Å². The van der Waals surface area contributed by atoms with Crippen LogP contribution in [0.25, 0.3) is 0 Å². The minimum Gasteiger partial charge on any atom is -0.363 e. The Balaban J connectivity index is 1.82. The number of carbonyl (C=O) groups excluding carboxylic acids is 1. The van der Waals surface area contributed by atoms with Crippen LogP contribution in [-0.4, -0.2) is 37.2 Å². The van der Waals surface area contributed by atoms with Crippen LogP contribution in [0.3, 0.4) is 0 Å². The highest BCUT2D eigenvalue weighted by atomic mass is 16.5. The van der Waals surface area contributed by atoms with Crippen molar-refractivity contribution in [3.05, 3.63) is 0 Å². The second-order valence-corrected chi connectivity index (χ2v) is 7.77. The zero-order chi connectivity index (χ0) is 14.8. The van der Waals surface area contributed by atoms with Crippen molar-refractivity contribution in [3.8, 4) is 0 Å². The van der Waals surface area contributed by atoms with Gasteiger partial charge in [-0.3, -0.25) is 4.79 Å². The van der Waals surface area contributed by atoms with Crippen LogP contribution in [0.5, 0.6) is 0 Å². The van der Waals surface area contributed by atoms with E-state index in [1.807, 2.05) is 0 Å². The molecule has 2 fully saturated rings. The zero-order valence-electron chi connectivity index (χ0n) is 13.4. The van der Waals surface area contributed by atoms with Gasteiger partial charge < -0.3 is 15.4 Å². The summed E-state index contributed by atoms with van der Waals surface area (Å²) in [5, 5.41) is 6.39. The molecule has 2 atom stereocenters. The van der Waals surface area contributed by atoms with Gasteiger partial charge in [-0.05, 0) is 31.1 Å². The number of ether oxygens (including phenoxy) is 1. The number of nitrogens with one attached hydrogen (secondary N) is 2. The van der Waals surface area contributed by atoms with E-state index >= 15 is 0 Å². The van der Waals surface area contributed by atoms with Gasteiger partial charge in [0, 0.05) is 19.1 Å². The predicted molar refractivity (Wildman–Crippen MR) is 80.6 cm³/mol. The van der Waals surface area contributed by atoms with Crippen molar-refractivity contribution in [1.82, 2.24) is 10.6 Å². The maximum atomic E-state index is 12.1. The van der Waals surface area contributed by atoms with Gasteiger partial charge in [-0.2, -0.15) is 0 Å². The fourth-order valence-electron chi connectivity index (χ4n) is 3.41. The number of carbonyl (C=O) groups is 1. The van der Waals surface area contributed by atoms with E-state index in [4.69, 9.17) is 4.74 Å². The Morgan fingerprint density at radius 1 is 1.30 bits per heavy atom. The van der Waals surface area contributed by atoms with Crippen LogP contribution in [0.4, 0.5) is 0 Å². The molecule has 1 saturated carbocycles. The molecular weight excluding hydrogens is 252 g/mol. The molecule has 2 unspecified atom stereocenters. The molecule has 2 N–H and O–H groups in total. The summed E-state index contributed by atoms with van der Waals surface area (Å²) in [6.45, 7) is 10.8. The first-order valence-corrected chi connectivity index (χ1v) is 7.94. The van der Waals surface area contributed by atoms with Gasteiger partial charge in [0.1, 0.15) is 6.61 Å². The van der Waals surface area contributed by atoms with Gasteiger partial charge in [0.05, 0.1) is 5.60 Å². The normalized spacial score (nSPS) is 29.6. The molecule has 1 heterocycles. The molecule has 4 heteroatoms. The van der Waals surface area contributed by atoms with Crippen molar-refractivity contribution in [3.63, 3.8) is 0 Å². The molecule has 2 aliphatic rings. The summed E-state index contributed by atoms with van der Waals surface area (Å²) in [5.41, 5.74) is 0.108. The van der Waals surface area contributed by atoms with E-state index in [1.54, 1.807) is 0 Å². The smallest absolute Gasteiger partial charge is 0.246 e. The van der Waals surface area contributed by atoms with Crippen LogP contribution < -0.4 is 10.6 Å². The van der Waals surface area contributed by atoms with Crippen LogP contribution >= 0.6 is 0 Å². The van der Waals surface area contributed by atoms with Gasteiger partial charge >= 0.3 is 0 Å².